The number of aromatic nitrogens is 2. The van der Waals surface area contributed by atoms with Crippen LogP contribution in [0.1, 0.15) is 16.7 Å². The summed E-state index contributed by atoms with van der Waals surface area (Å²) in [7, 11) is 1.63. The average Bonchev–Trinajstić information content (AvgIpc) is 2.62. The molecule has 0 aliphatic rings. The van der Waals surface area contributed by atoms with E-state index in [0.717, 1.165) is 22.6 Å². The molecule has 0 atom stereocenters. The largest absolute Gasteiger partial charge is 0.496 e. The molecule has 0 aliphatic carbocycles. The Hall–Kier alpha value is -3.61. The van der Waals surface area contributed by atoms with Gasteiger partial charge in [0.2, 0.25) is 5.95 Å². The maximum absolute atomic E-state index is 8.55. The minimum Gasteiger partial charge on any atom is -0.496 e. The van der Waals surface area contributed by atoms with E-state index in [2.05, 4.69) is 15.3 Å². The molecule has 0 bridgehead atoms. The fourth-order valence-corrected chi connectivity index (χ4v) is 2.63. The molecule has 0 spiro atoms. The Balaban J connectivity index is 1.92. The van der Waals surface area contributed by atoms with Crippen molar-refractivity contribution in [1.82, 2.24) is 9.97 Å². The van der Waals surface area contributed by atoms with Gasteiger partial charge < -0.3 is 21.5 Å². The van der Waals surface area contributed by atoms with E-state index in [4.69, 9.17) is 21.6 Å². The Morgan fingerprint density at radius 3 is 2.62 bits per heavy atom. The van der Waals surface area contributed by atoms with Gasteiger partial charge in [-0.15, -0.1) is 0 Å². The number of anilines is 4. The van der Waals surface area contributed by atoms with Crippen LogP contribution in [0.4, 0.5) is 23.1 Å². The van der Waals surface area contributed by atoms with E-state index in [-0.39, 0.29) is 5.95 Å². The third-order valence-corrected chi connectivity index (χ3v) is 3.95. The smallest absolute Gasteiger partial charge is 0.221 e. The summed E-state index contributed by atoms with van der Waals surface area (Å²) in [6.45, 7) is 1.94. The maximum atomic E-state index is 8.55. The first-order valence-electron chi connectivity index (χ1n) is 7.97. The van der Waals surface area contributed by atoms with E-state index in [9.17, 15) is 0 Å². The number of nitrogen functional groups attached to an aromatic ring is 2. The van der Waals surface area contributed by atoms with Crippen LogP contribution >= 0.6 is 0 Å². The molecule has 0 amide bonds. The lowest BCUT2D eigenvalue weighted by atomic mass is 9.98. The molecule has 1 heterocycles. The monoisotopic (exact) mass is 348 g/mol. The lowest BCUT2D eigenvalue weighted by molar-refractivity contribution is 0.411. The van der Waals surface area contributed by atoms with Crippen molar-refractivity contribution in [3.63, 3.8) is 0 Å². The third kappa shape index (κ3) is 3.56. The molecule has 26 heavy (non-hydrogen) atoms. The van der Waals surface area contributed by atoms with Gasteiger partial charge in [0.15, 0.2) is 0 Å². The molecule has 132 valence electrons. The second kappa shape index (κ2) is 7.10. The molecule has 7 heteroatoms. The van der Waals surface area contributed by atoms with Crippen molar-refractivity contribution in [3.05, 3.63) is 65.4 Å². The van der Waals surface area contributed by atoms with Crippen molar-refractivity contribution < 1.29 is 4.74 Å². The number of hydrogen-bond acceptors (Lipinski definition) is 7. The molecule has 7 nitrogen and oxygen atoms in total. The summed E-state index contributed by atoms with van der Waals surface area (Å²) in [5, 5.41) is 11.7. The van der Waals surface area contributed by atoms with Crippen molar-refractivity contribution in [1.29, 1.82) is 5.41 Å². The Labute approximate surface area is 151 Å². The quantitative estimate of drug-likeness (QED) is 0.415. The van der Waals surface area contributed by atoms with Gasteiger partial charge in [0.05, 0.1) is 12.8 Å². The number of methoxy groups -OCH3 is 1. The van der Waals surface area contributed by atoms with E-state index in [1.54, 1.807) is 25.4 Å². The fourth-order valence-electron chi connectivity index (χ4n) is 2.63. The van der Waals surface area contributed by atoms with Gasteiger partial charge in [-0.1, -0.05) is 0 Å². The number of rotatable bonds is 5. The summed E-state index contributed by atoms with van der Waals surface area (Å²) < 4.78 is 5.28. The molecule has 0 unspecified atom stereocenters. The number of benzene rings is 2. The molecule has 3 aromatic rings. The lowest BCUT2D eigenvalue weighted by Crippen LogP contribution is -2.07. The molecule has 1 aromatic heterocycles. The number of nitrogens with zero attached hydrogens (tertiary/aromatic N) is 2. The summed E-state index contributed by atoms with van der Waals surface area (Å²) in [5.41, 5.74) is 15.7. The minimum atomic E-state index is 0.187. The summed E-state index contributed by atoms with van der Waals surface area (Å²) in [4.78, 5) is 7.98. The minimum absolute atomic E-state index is 0.187. The molecular weight excluding hydrogens is 328 g/mol. The highest BCUT2D eigenvalue weighted by atomic mass is 16.5. The van der Waals surface area contributed by atoms with Crippen LogP contribution in [-0.4, -0.2) is 22.8 Å². The number of hydrogen-bond donors (Lipinski definition) is 4. The predicted molar refractivity (Wildman–Crippen MR) is 104 cm³/mol. The Bertz CT molecular complexity index is 970. The number of ether oxygens (including phenoxy) is 1. The Kier molecular flexibility index (Phi) is 4.70. The molecule has 2 aromatic carbocycles. The van der Waals surface area contributed by atoms with Crippen molar-refractivity contribution in [2.75, 3.05) is 23.9 Å². The van der Waals surface area contributed by atoms with Crippen LogP contribution in [-0.2, 0) is 0 Å². The van der Waals surface area contributed by atoms with Crippen LogP contribution in [0.3, 0.4) is 0 Å². The predicted octanol–water partition coefficient (Wildman–Crippen LogP) is 3.12. The second-order valence-corrected chi connectivity index (χ2v) is 5.79. The highest BCUT2D eigenvalue weighted by Crippen LogP contribution is 2.25. The van der Waals surface area contributed by atoms with Gasteiger partial charge in [-0.2, -0.15) is 4.98 Å². The van der Waals surface area contributed by atoms with Crippen LogP contribution in [0.2, 0.25) is 0 Å². The summed E-state index contributed by atoms with van der Waals surface area (Å²) in [6.07, 6.45) is 1.57. The van der Waals surface area contributed by atoms with Gasteiger partial charge >= 0.3 is 0 Å². The average molecular weight is 348 g/mol. The molecule has 0 fully saturated rings. The zero-order valence-electron chi connectivity index (χ0n) is 14.6. The molecule has 3 rings (SSSR count). The van der Waals surface area contributed by atoms with Crippen LogP contribution in [0.5, 0.6) is 5.75 Å². The van der Waals surface area contributed by atoms with Crippen molar-refractivity contribution in [2.45, 2.75) is 6.92 Å². The number of nitrogens with two attached hydrogens (primary N) is 2. The zero-order valence-corrected chi connectivity index (χ0v) is 14.6. The first-order valence-corrected chi connectivity index (χ1v) is 7.97. The van der Waals surface area contributed by atoms with Crippen LogP contribution in [0, 0.1) is 12.3 Å². The van der Waals surface area contributed by atoms with E-state index in [1.165, 1.54) is 0 Å². The van der Waals surface area contributed by atoms with E-state index in [0.29, 0.717) is 22.8 Å². The Morgan fingerprint density at radius 1 is 1.12 bits per heavy atom. The van der Waals surface area contributed by atoms with Gasteiger partial charge in [-0.25, -0.2) is 4.98 Å². The highest BCUT2D eigenvalue weighted by Gasteiger charge is 2.12. The van der Waals surface area contributed by atoms with Gasteiger partial charge in [-0.05, 0) is 55.0 Å². The van der Waals surface area contributed by atoms with Gasteiger partial charge in [0.1, 0.15) is 11.6 Å². The van der Waals surface area contributed by atoms with Crippen LogP contribution in [0.25, 0.3) is 0 Å². The highest BCUT2D eigenvalue weighted by molar-refractivity contribution is 6.14. The van der Waals surface area contributed by atoms with Crippen molar-refractivity contribution >= 4 is 28.9 Å². The van der Waals surface area contributed by atoms with E-state index in [1.807, 2.05) is 37.3 Å². The maximum Gasteiger partial charge on any atom is 0.221 e. The fraction of sp³-hybridized carbons (Fsp3) is 0.105. The molecule has 0 saturated heterocycles. The molecule has 6 N–H and O–H groups in total. The van der Waals surface area contributed by atoms with Gasteiger partial charge in [0, 0.05) is 28.7 Å². The number of nitrogens with one attached hydrogen (secondary N) is 2. The first kappa shape index (κ1) is 17.2. The van der Waals surface area contributed by atoms with Crippen molar-refractivity contribution in [3.8, 4) is 5.75 Å². The molecule has 0 saturated carbocycles. The van der Waals surface area contributed by atoms with Gasteiger partial charge in [-0.3, -0.25) is 5.41 Å². The lowest BCUT2D eigenvalue weighted by Gasteiger charge is -2.13. The van der Waals surface area contributed by atoms with Crippen molar-refractivity contribution in [2.24, 2.45) is 0 Å². The summed E-state index contributed by atoms with van der Waals surface area (Å²) in [5.74, 6) is 1.54. The molecule has 0 aliphatic heterocycles. The van der Waals surface area contributed by atoms with Crippen LogP contribution < -0.4 is 21.5 Å². The van der Waals surface area contributed by atoms with Crippen LogP contribution in [0.15, 0.2) is 48.7 Å². The molecular formula is C19H20N6O. The van der Waals surface area contributed by atoms with Gasteiger partial charge in [0.25, 0.3) is 0 Å². The second-order valence-electron chi connectivity index (χ2n) is 5.79. The SMILES string of the molecule is COc1ccc(C(=N)c2cc(Nc3ccnc(N)n3)ccc2N)cc1C. The standard InChI is InChI=1S/C19H20N6O/c1-11-9-12(3-6-16(11)26-2)18(21)14-10-13(4-5-15(14)20)24-17-7-8-23-19(22)25-17/h3-10,21H,20H2,1-2H3,(H3,22,23,24,25). The van der Waals surface area contributed by atoms with E-state index < -0.39 is 0 Å². The summed E-state index contributed by atoms with van der Waals surface area (Å²) in [6, 6.07) is 12.7. The number of aryl methyl sites for hydroxylation is 1. The molecule has 0 radical (unpaired) electrons. The summed E-state index contributed by atoms with van der Waals surface area (Å²) >= 11 is 0. The van der Waals surface area contributed by atoms with E-state index >= 15 is 0 Å². The first-order chi connectivity index (χ1) is 12.5. The zero-order chi connectivity index (χ0) is 18.7. The normalized spacial score (nSPS) is 10.4. The topological polar surface area (TPSA) is 123 Å². The Morgan fingerprint density at radius 2 is 1.92 bits per heavy atom. The third-order valence-electron chi connectivity index (χ3n) is 3.95.